The topological polar surface area (TPSA) is 80.6 Å². The van der Waals surface area contributed by atoms with Crippen LogP contribution in [0, 0.1) is 0 Å². The van der Waals surface area contributed by atoms with Crippen LogP contribution in [-0.2, 0) is 9.53 Å². The number of carbonyl (C=O) groups is 1. The number of hydrazone groups is 1. The first-order valence-corrected chi connectivity index (χ1v) is 7.60. The maximum atomic E-state index is 12.0. The lowest BCUT2D eigenvalue weighted by Gasteiger charge is -2.20. The van der Waals surface area contributed by atoms with Crippen molar-refractivity contribution >= 4 is 11.8 Å². The van der Waals surface area contributed by atoms with E-state index in [1.165, 1.54) is 19.0 Å². The van der Waals surface area contributed by atoms with Crippen LogP contribution in [0.2, 0.25) is 0 Å². The van der Waals surface area contributed by atoms with Gasteiger partial charge in [0.1, 0.15) is 5.75 Å². The van der Waals surface area contributed by atoms with Crippen molar-refractivity contribution in [1.82, 2.24) is 5.01 Å². The molecule has 0 radical (unpaired) electrons. The molecule has 0 saturated carbocycles. The van der Waals surface area contributed by atoms with Crippen LogP contribution >= 0.6 is 0 Å². The van der Waals surface area contributed by atoms with E-state index in [2.05, 4.69) is 5.10 Å². The summed E-state index contributed by atoms with van der Waals surface area (Å²) in [6, 6.07) is 12.1. The monoisotopic (exact) mass is 342 g/mol. The van der Waals surface area contributed by atoms with Crippen LogP contribution < -0.4 is 9.47 Å². The lowest BCUT2D eigenvalue weighted by molar-refractivity contribution is -0.135. The van der Waals surface area contributed by atoms with Gasteiger partial charge in [-0.05, 0) is 36.4 Å². The van der Waals surface area contributed by atoms with Gasteiger partial charge in [-0.1, -0.05) is 6.07 Å². The van der Waals surface area contributed by atoms with Crippen LogP contribution in [0.15, 0.2) is 47.6 Å². The highest BCUT2D eigenvalue weighted by atomic mass is 16.5. The highest BCUT2D eigenvalue weighted by molar-refractivity contribution is 5.96. The van der Waals surface area contributed by atoms with E-state index in [9.17, 15) is 9.90 Å². The van der Waals surface area contributed by atoms with E-state index in [1.54, 1.807) is 49.6 Å². The Morgan fingerprint density at radius 2 is 1.88 bits per heavy atom. The van der Waals surface area contributed by atoms with Crippen molar-refractivity contribution in [3.05, 3.63) is 53.6 Å². The molecule has 25 heavy (non-hydrogen) atoms. The SMILES string of the molecule is COc1ccc(C2=NN(C(C)=O)[C@@H](c3cccc(OC)c3O)O2)cc1. The first-order chi connectivity index (χ1) is 12.0. The molecule has 0 fully saturated rings. The third-order valence-electron chi connectivity index (χ3n) is 3.82. The van der Waals surface area contributed by atoms with Crippen molar-refractivity contribution in [1.29, 1.82) is 0 Å². The smallest absolute Gasteiger partial charge is 0.243 e. The maximum absolute atomic E-state index is 12.0. The Bertz CT molecular complexity index is 817. The minimum atomic E-state index is -0.871. The van der Waals surface area contributed by atoms with Crippen LogP contribution in [0.3, 0.4) is 0 Å². The Balaban J connectivity index is 1.96. The van der Waals surface area contributed by atoms with Crippen LogP contribution in [0.25, 0.3) is 0 Å². The molecule has 1 atom stereocenters. The van der Waals surface area contributed by atoms with E-state index in [0.29, 0.717) is 22.6 Å². The Labute approximate surface area is 145 Å². The molecular formula is C18H18N2O5. The van der Waals surface area contributed by atoms with Gasteiger partial charge in [0.05, 0.1) is 19.8 Å². The summed E-state index contributed by atoms with van der Waals surface area (Å²) in [6.07, 6.45) is -0.871. The molecule has 0 spiro atoms. The van der Waals surface area contributed by atoms with Gasteiger partial charge in [-0.2, -0.15) is 5.01 Å². The van der Waals surface area contributed by atoms with E-state index in [4.69, 9.17) is 14.2 Å². The van der Waals surface area contributed by atoms with Gasteiger partial charge in [-0.3, -0.25) is 4.79 Å². The number of nitrogens with zero attached hydrogens (tertiary/aromatic N) is 2. The Hall–Kier alpha value is -3.22. The third kappa shape index (κ3) is 3.08. The second-order valence-electron chi connectivity index (χ2n) is 5.37. The fourth-order valence-corrected chi connectivity index (χ4v) is 2.52. The highest BCUT2D eigenvalue weighted by Gasteiger charge is 2.35. The summed E-state index contributed by atoms with van der Waals surface area (Å²) >= 11 is 0. The average Bonchev–Trinajstić information content (AvgIpc) is 3.07. The van der Waals surface area contributed by atoms with Crippen molar-refractivity contribution in [2.24, 2.45) is 5.10 Å². The second kappa shape index (κ2) is 6.72. The van der Waals surface area contributed by atoms with Crippen molar-refractivity contribution in [3.8, 4) is 17.2 Å². The average molecular weight is 342 g/mol. The molecule has 0 aromatic heterocycles. The molecule has 1 amide bonds. The molecule has 2 aromatic rings. The number of hydrogen-bond donors (Lipinski definition) is 1. The third-order valence-corrected chi connectivity index (χ3v) is 3.82. The van der Waals surface area contributed by atoms with Crippen molar-refractivity contribution in [2.75, 3.05) is 14.2 Å². The van der Waals surface area contributed by atoms with Crippen molar-refractivity contribution < 1.29 is 24.1 Å². The zero-order valence-electron chi connectivity index (χ0n) is 14.1. The fourth-order valence-electron chi connectivity index (χ4n) is 2.52. The summed E-state index contributed by atoms with van der Waals surface area (Å²) in [4.78, 5) is 12.0. The summed E-state index contributed by atoms with van der Waals surface area (Å²) < 4.78 is 16.1. The number of amides is 1. The van der Waals surface area contributed by atoms with Gasteiger partial charge in [-0.15, -0.1) is 5.10 Å². The molecule has 3 rings (SSSR count). The maximum Gasteiger partial charge on any atom is 0.243 e. The summed E-state index contributed by atoms with van der Waals surface area (Å²) in [6.45, 7) is 1.38. The number of rotatable bonds is 4. The first kappa shape index (κ1) is 16.6. The number of carbonyl (C=O) groups excluding carboxylic acids is 1. The van der Waals surface area contributed by atoms with Crippen LogP contribution in [0.4, 0.5) is 0 Å². The van der Waals surface area contributed by atoms with Gasteiger partial charge in [0.15, 0.2) is 11.5 Å². The van der Waals surface area contributed by atoms with E-state index < -0.39 is 6.23 Å². The van der Waals surface area contributed by atoms with Gasteiger partial charge < -0.3 is 19.3 Å². The number of benzene rings is 2. The molecule has 1 N–H and O–H groups in total. The van der Waals surface area contributed by atoms with E-state index in [-0.39, 0.29) is 17.6 Å². The molecule has 0 bridgehead atoms. The van der Waals surface area contributed by atoms with E-state index in [0.717, 1.165) is 0 Å². The molecular weight excluding hydrogens is 324 g/mol. The zero-order valence-corrected chi connectivity index (χ0v) is 14.1. The fraction of sp³-hybridized carbons (Fsp3) is 0.222. The van der Waals surface area contributed by atoms with E-state index >= 15 is 0 Å². The number of hydrogen-bond acceptors (Lipinski definition) is 6. The normalized spacial score (nSPS) is 16.2. The number of aromatic hydroxyl groups is 1. The molecule has 1 aliphatic heterocycles. The molecule has 7 heteroatoms. The van der Waals surface area contributed by atoms with Gasteiger partial charge in [0.2, 0.25) is 18.0 Å². The quantitative estimate of drug-likeness (QED) is 0.924. The zero-order chi connectivity index (χ0) is 18.0. The Kier molecular flexibility index (Phi) is 4.47. The Morgan fingerprint density at radius 1 is 1.16 bits per heavy atom. The van der Waals surface area contributed by atoms with Gasteiger partial charge in [0.25, 0.3) is 0 Å². The number of phenolic OH excluding ortho intramolecular Hbond substituents is 1. The summed E-state index contributed by atoms with van der Waals surface area (Å²) in [5, 5.41) is 15.8. The molecule has 130 valence electrons. The van der Waals surface area contributed by atoms with Crippen LogP contribution in [0.5, 0.6) is 17.2 Å². The molecule has 0 unspecified atom stereocenters. The molecule has 2 aromatic carbocycles. The van der Waals surface area contributed by atoms with Crippen molar-refractivity contribution in [3.63, 3.8) is 0 Å². The van der Waals surface area contributed by atoms with Crippen molar-refractivity contribution in [2.45, 2.75) is 13.2 Å². The standard InChI is InChI=1S/C18H18N2O5/c1-11(21)20-18(14-5-4-6-15(24-3)16(14)22)25-17(19-20)12-7-9-13(23-2)10-8-12/h4-10,18,22H,1-3H3/t18-/m1/s1. The Morgan fingerprint density at radius 3 is 2.48 bits per heavy atom. The van der Waals surface area contributed by atoms with Crippen LogP contribution in [-0.4, -0.2) is 36.1 Å². The largest absolute Gasteiger partial charge is 0.504 e. The number of phenols is 1. The number of ether oxygens (including phenoxy) is 3. The highest BCUT2D eigenvalue weighted by Crippen LogP contribution is 2.39. The molecule has 7 nitrogen and oxygen atoms in total. The minimum absolute atomic E-state index is 0.0903. The molecule has 1 heterocycles. The van der Waals surface area contributed by atoms with Gasteiger partial charge >= 0.3 is 0 Å². The molecule has 0 saturated heterocycles. The second-order valence-corrected chi connectivity index (χ2v) is 5.37. The minimum Gasteiger partial charge on any atom is -0.504 e. The lowest BCUT2D eigenvalue weighted by atomic mass is 10.1. The lowest BCUT2D eigenvalue weighted by Crippen LogP contribution is -2.25. The molecule has 1 aliphatic rings. The summed E-state index contributed by atoms with van der Waals surface area (Å²) in [5.41, 5.74) is 1.08. The first-order valence-electron chi connectivity index (χ1n) is 7.60. The van der Waals surface area contributed by atoms with Crippen LogP contribution in [0.1, 0.15) is 24.3 Å². The predicted molar refractivity (Wildman–Crippen MR) is 90.5 cm³/mol. The summed E-state index contributed by atoms with van der Waals surface area (Å²) in [7, 11) is 3.04. The van der Waals surface area contributed by atoms with Gasteiger partial charge in [0, 0.05) is 12.5 Å². The van der Waals surface area contributed by atoms with E-state index in [1.807, 2.05) is 0 Å². The summed E-state index contributed by atoms with van der Waals surface area (Å²) in [5.74, 6) is 0.878. The number of para-hydroxylation sites is 1. The predicted octanol–water partition coefficient (Wildman–Crippen LogP) is 2.65. The number of methoxy groups -OCH3 is 2. The molecule has 0 aliphatic carbocycles. The van der Waals surface area contributed by atoms with Gasteiger partial charge in [-0.25, -0.2) is 0 Å².